The van der Waals surface area contributed by atoms with Gasteiger partial charge in [0.25, 0.3) is 5.91 Å². The maximum atomic E-state index is 12.9. The molecule has 0 aliphatic carbocycles. The topological polar surface area (TPSA) is 76.0 Å². The van der Waals surface area contributed by atoms with Crippen LogP contribution in [0, 0.1) is 0 Å². The minimum Gasteiger partial charge on any atom is -0.352 e. The lowest BCUT2D eigenvalue weighted by Gasteiger charge is -2.13. The van der Waals surface area contributed by atoms with Crippen molar-refractivity contribution in [1.29, 1.82) is 0 Å². The fourth-order valence-electron chi connectivity index (χ4n) is 3.76. The predicted molar refractivity (Wildman–Crippen MR) is 127 cm³/mol. The Morgan fingerprint density at radius 3 is 2.44 bits per heavy atom. The molecule has 162 valence electrons. The fraction of sp³-hybridized carbons (Fsp3) is 0.192. The van der Waals surface area contributed by atoms with Crippen molar-refractivity contribution in [3.63, 3.8) is 0 Å². The number of para-hydroxylation sites is 3. The molecule has 0 atom stereocenters. The number of amides is 2. The van der Waals surface area contributed by atoms with Gasteiger partial charge in [0.05, 0.1) is 22.3 Å². The van der Waals surface area contributed by atoms with Gasteiger partial charge in [0.15, 0.2) is 0 Å². The van der Waals surface area contributed by atoms with Crippen molar-refractivity contribution in [3.05, 3.63) is 95.8 Å². The largest absolute Gasteiger partial charge is 0.352 e. The first kappa shape index (κ1) is 21.3. The standard InChI is InChI=1S/C26H26N4O2/c1-2-24-28-22-14-8-9-15-23(22)30(24)18-25(31)29-21-13-7-6-12-20(21)26(32)27-17-16-19-10-4-3-5-11-19/h3-15H,2,16-18H2,1H3,(H,27,32)(H,29,31). The Hall–Kier alpha value is -3.93. The summed E-state index contributed by atoms with van der Waals surface area (Å²) in [5.41, 5.74) is 3.90. The van der Waals surface area contributed by atoms with E-state index in [0.717, 1.165) is 35.3 Å². The Morgan fingerprint density at radius 2 is 1.62 bits per heavy atom. The molecule has 6 nitrogen and oxygen atoms in total. The van der Waals surface area contributed by atoms with Gasteiger partial charge in [0, 0.05) is 13.0 Å². The lowest BCUT2D eigenvalue weighted by atomic mass is 10.1. The second-order valence-electron chi connectivity index (χ2n) is 7.54. The van der Waals surface area contributed by atoms with Crippen molar-refractivity contribution < 1.29 is 9.59 Å². The molecule has 1 aromatic heterocycles. The Bertz CT molecular complexity index is 1230. The van der Waals surface area contributed by atoms with Crippen LogP contribution in [0.4, 0.5) is 5.69 Å². The van der Waals surface area contributed by atoms with E-state index in [1.54, 1.807) is 24.3 Å². The molecule has 0 aliphatic rings. The lowest BCUT2D eigenvalue weighted by molar-refractivity contribution is -0.116. The molecular formula is C26H26N4O2. The molecule has 6 heteroatoms. The van der Waals surface area contributed by atoms with E-state index in [0.29, 0.717) is 17.8 Å². The average molecular weight is 427 g/mol. The molecule has 4 aromatic rings. The number of nitrogens with one attached hydrogen (secondary N) is 2. The van der Waals surface area contributed by atoms with Gasteiger partial charge in [-0.1, -0.05) is 61.5 Å². The van der Waals surface area contributed by atoms with Crippen LogP contribution in [0.3, 0.4) is 0 Å². The third kappa shape index (κ3) is 4.86. The molecule has 2 amide bonds. The average Bonchev–Trinajstić information content (AvgIpc) is 3.17. The van der Waals surface area contributed by atoms with Crippen molar-refractivity contribution >= 4 is 28.5 Å². The van der Waals surface area contributed by atoms with Crippen molar-refractivity contribution in [2.24, 2.45) is 0 Å². The van der Waals surface area contributed by atoms with E-state index < -0.39 is 0 Å². The zero-order valence-electron chi connectivity index (χ0n) is 18.0. The highest BCUT2D eigenvalue weighted by atomic mass is 16.2. The molecule has 0 radical (unpaired) electrons. The number of anilines is 1. The van der Waals surface area contributed by atoms with Crippen LogP contribution in [0.5, 0.6) is 0 Å². The van der Waals surface area contributed by atoms with Crippen LogP contribution in [-0.2, 0) is 24.2 Å². The molecule has 0 unspecified atom stereocenters. The number of rotatable bonds is 8. The zero-order valence-corrected chi connectivity index (χ0v) is 18.0. The summed E-state index contributed by atoms with van der Waals surface area (Å²) in [6.07, 6.45) is 1.47. The van der Waals surface area contributed by atoms with E-state index >= 15 is 0 Å². The van der Waals surface area contributed by atoms with Gasteiger partial charge in [0.2, 0.25) is 5.91 Å². The smallest absolute Gasteiger partial charge is 0.253 e. The summed E-state index contributed by atoms with van der Waals surface area (Å²) in [6.45, 7) is 2.67. The van der Waals surface area contributed by atoms with E-state index in [9.17, 15) is 9.59 Å². The highest BCUT2D eigenvalue weighted by molar-refractivity contribution is 6.03. The summed E-state index contributed by atoms with van der Waals surface area (Å²) in [6, 6.07) is 24.8. The number of hydrogen-bond donors (Lipinski definition) is 2. The van der Waals surface area contributed by atoms with Crippen LogP contribution in [0.1, 0.15) is 28.7 Å². The third-order valence-electron chi connectivity index (χ3n) is 5.34. The van der Waals surface area contributed by atoms with Crippen LogP contribution in [0.15, 0.2) is 78.9 Å². The summed E-state index contributed by atoms with van der Waals surface area (Å²) in [5.74, 6) is 0.444. The molecule has 0 spiro atoms. The monoisotopic (exact) mass is 426 g/mol. The Labute approximate surface area is 187 Å². The number of hydrogen-bond acceptors (Lipinski definition) is 3. The first-order valence-electron chi connectivity index (χ1n) is 10.8. The number of carbonyl (C=O) groups excluding carboxylic acids is 2. The molecule has 2 N–H and O–H groups in total. The van der Waals surface area contributed by atoms with Crippen molar-refractivity contribution in [1.82, 2.24) is 14.9 Å². The van der Waals surface area contributed by atoms with Gasteiger partial charge in [-0.05, 0) is 36.2 Å². The maximum absolute atomic E-state index is 12.9. The fourth-order valence-corrected chi connectivity index (χ4v) is 3.76. The summed E-state index contributed by atoms with van der Waals surface area (Å²) in [7, 11) is 0. The van der Waals surface area contributed by atoms with Gasteiger partial charge in [-0.25, -0.2) is 4.98 Å². The quantitative estimate of drug-likeness (QED) is 0.443. The minimum atomic E-state index is -0.209. The van der Waals surface area contributed by atoms with Gasteiger partial charge in [-0.2, -0.15) is 0 Å². The first-order valence-corrected chi connectivity index (χ1v) is 10.8. The van der Waals surface area contributed by atoms with E-state index in [1.807, 2.05) is 66.1 Å². The van der Waals surface area contributed by atoms with E-state index in [4.69, 9.17) is 0 Å². The number of fused-ring (bicyclic) bond motifs is 1. The number of aryl methyl sites for hydroxylation is 1. The molecule has 0 fully saturated rings. The van der Waals surface area contributed by atoms with Crippen LogP contribution in [0.2, 0.25) is 0 Å². The summed E-state index contributed by atoms with van der Waals surface area (Å²) >= 11 is 0. The highest BCUT2D eigenvalue weighted by Gasteiger charge is 2.16. The predicted octanol–water partition coefficient (Wildman–Crippen LogP) is 4.21. The SMILES string of the molecule is CCc1nc2ccccc2n1CC(=O)Nc1ccccc1C(=O)NCCc1ccccc1. The first-order chi connectivity index (χ1) is 15.7. The molecule has 32 heavy (non-hydrogen) atoms. The minimum absolute atomic E-state index is 0.133. The van der Waals surface area contributed by atoms with Crippen LogP contribution in [-0.4, -0.2) is 27.9 Å². The lowest BCUT2D eigenvalue weighted by Crippen LogP contribution is -2.28. The second kappa shape index (κ2) is 9.92. The van der Waals surface area contributed by atoms with Gasteiger partial charge < -0.3 is 15.2 Å². The molecule has 4 rings (SSSR count). The Morgan fingerprint density at radius 1 is 0.906 bits per heavy atom. The summed E-state index contributed by atoms with van der Waals surface area (Å²) in [4.78, 5) is 30.2. The van der Waals surface area contributed by atoms with Gasteiger partial charge in [0.1, 0.15) is 12.4 Å². The van der Waals surface area contributed by atoms with Crippen LogP contribution in [0.25, 0.3) is 11.0 Å². The number of imidazole rings is 1. The number of carbonyl (C=O) groups is 2. The number of benzene rings is 3. The number of nitrogens with zero attached hydrogens (tertiary/aromatic N) is 2. The zero-order chi connectivity index (χ0) is 22.3. The summed E-state index contributed by atoms with van der Waals surface area (Å²) < 4.78 is 1.92. The van der Waals surface area contributed by atoms with Crippen LogP contribution >= 0.6 is 0 Å². The molecule has 3 aromatic carbocycles. The number of aromatic nitrogens is 2. The van der Waals surface area contributed by atoms with Crippen molar-refractivity contribution in [3.8, 4) is 0 Å². The molecule has 0 bridgehead atoms. The van der Waals surface area contributed by atoms with E-state index in [1.165, 1.54) is 0 Å². The molecule has 0 saturated heterocycles. The van der Waals surface area contributed by atoms with Crippen LogP contribution < -0.4 is 10.6 Å². The summed E-state index contributed by atoms with van der Waals surface area (Å²) in [5, 5.41) is 5.85. The Balaban J connectivity index is 1.44. The maximum Gasteiger partial charge on any atom is 0.253 e. The van der Waals surface area contributed by atoms with Crippen molar-refractivity contribution in [2.45, 2.75) is 26.3 Å². The second-order valence-corrected chi connectivity index (χ2v) is 7.54. The third-order valence-corrected chi connectivity index (χ3v) is 5.34. The Kier molecular flexibility index (Phi) is 6.60. The van der Waals surface area contributed by atoms with E-state index in [2.05, 4.69) is 15.6 Å². The van der Waals surface area contributed by atoms with Gasteiger partial charge in [-0.15, -0.1) is 0 Å². The highest BCUT2D eigenvalue weighted by Crippen LogP contribution is 2.18. The molecule has 0 saturated carbocycles. The normalized spacial score (nSPS) is 10.8. The molecule has 1 heterocycles. The molecule has 0 aliphatic heterocycles. The van der Waals surface area contributed by atoms with Gasteiger partial charge in [-0.3, -0.25) is 9.59 Å². The van der Waals surface area contributed by atoms with Gasteiger partial charge >= 0.3 is 0 Å². The van der Waals surface area contributed by atoms with Crippen molar-refractivity contribution in [2.75, 3.05) is 11.9 Å². The van der Waals surface area contributed by atoms with E-state index in [-0.39, 0.29) is 18.4 Å². The molecular weight excluding hydrogens is 400 g/mol.